The lowest BCUT2D eigenvalue weighted by Gasteiger charge is -2.23. The van der Waals surface area contributed by atoms with E-state index in [2.05, 4.69) is 10.6 Å². The zero-order chi connectivity index (χ0) is 14.8. The topological polar surface area (TPSA) is 61.4 Å². The second kappa shape index (κ2) is 5.63. The quantitative estimate of drug-likeness (QED) is 0.878. The fraction of sp³-hybridized carbons (Fsp3) is 0.467. The maximum Gasteiger partial charge on any atom is 0.253 e. The Labute approximate surface area is 119 Å². The number of nitrogens with zero attached hydrogens (tertiary/aromatic N) is 1. The smallest absolute Gasteiger partial charge is 0.253 e. The van der Waals surface area contributed by atoms with Crippen molar-refractivity contribution in [3.05, 3.63) is 29.8 Å². The minimum Gasteiger partial charge on any atom is -0.345 e. The Kier molecular flexibility index (Phi) is 4.09. The van der Waals surface area contributed by atoms with Gasteiger partial charge in [0.05, 0.1) is 5.54 Å². The lowest BCUT2D eigenvalue weighted by molar-refractivity contribution is -0.121. The maximum absolute atomic E-state index is 12.2. The van der Waals surface area contributed by atoms with Crippen LogP contribution < -0.4 is 10.6 Å². The first-order valence-corrected chi connectivity index (χ1v) is 6.80. The average molecular weight is 275 g/mol. The minimum atomic E-state index is -0.488. The molecule has 1 fully saturated rings. The van der Waals surface area contributed by atoms with Gasteiger partial charge in [-0.1, -0.05) is 0 Å². The van der Waals surface area contributed by atoms with Crippen LogP contribution in [-0.4, -0.2) is 42.9 Å². The lowest BCUT2D eigenvalue weighted by atomic mass is 9.99. The summed E-state index contributed by atoms with van der Waals surface area (Å²) in [6.45, 7) is 2.79. The lowest BCUT2D eigenvalue weighted by Crippen LogP contribution is -2.47. The van der Waals surface area contributed by atoms with Gasteiger partial charge in [0.2, 0.25) is 5.91 Å². The molecule has 2 N–H and O–H groups in total. The van der Waals surface area contributed by atoms with Gasteiger partial charge in [-0.05, 0) is 50.6 Å². The molecule has 108 valence electrons. The summed E-state index contributed by atoms with van der Waals surface area (Å²) in [6.07, 6.45) is 1.86. The van der Waals surface area contributed by atoms with Gasteiger partial charge < -0.3 is 15.5 Å². The molecule has 5 nitrogen and oxygen atoms in total. The van der Waals surface area contributed by atoms with Crippen LogP contribution in [0.2, 0.25) is 0 Å². The third-order valence-corrected chi connectivity index (χ3v) is 3.67. The van der Waals surface area contributed by atoms with Crippen LogP contribution >= 0.6 is 0 Å². The first-order chi connectivity index (χ1) is 9.42. The monoisotopic (exact) mass is 275 g/mol. The van der Waals surface area contributed by atoms with Crippen molar-refractivity contribution in [3.63, 3.8) is 0 Å². The molecule has 0 saturated carbocycles. The summed E-state index contributed by atoms with van der Waals surface area (Å²) in [4.78, 5) is 25.5. The Hall–Kier alpha value is -1.88. The fourth-order valence-electron chi connectivity index (χ4n) is 2.31. The highest BCUT2D eigenvalue weighted by atomic mass is 16.2. The molecule has 1 aromatic carbocycles. The van der Waals surface area contributed by atoms with Crippen molar-refractivity contribution >= 4 is 17.5 Å². The molecule has 20 heavy (non-hydrogen) atoms. The summed E-state index contributed by atoms with van der Waals surface area (Å²) in [5.41, 5.74) is 0.830. The standard InChI is InChI=1S/C15H21N3O2/c1-15(9-4-10-16-15)14(20)17-12-7-5-11(6-8-12)13(19)18(2)3/h5-8,16H,4,9-10H2,1-3H3,(H,17,20). The highest BCUT2D eigenvalue weighted by molar-refractivity contribution is 5.99. The second-order valence-corrected chi connectivity index (χ2v) is 5.59. The normalized spacial score (nSPS) is 21.6. The summed E-state index contributed by atoms with van der Waals surface area (Å²) in [6, 6.07) is 6.96. The molecule has 1 atom stereocenters. The molecule has 2 rings (SSSR count). The summed E-state index contributed by atoms with van der Waals surface area (Å²) in [5.74, 6) is -0.0750. The molecule has 0 aromatic heterocycles. The summed E-state index contributed by atoms with van der Waals surface area (Å²) in [7, 11) is 3.43. The van der Waals surface area contributed by atoms with Gasteiger partial charge in [0, 0.05) is 25.3 Å². The number of hydrogen-bond acceptors (Lipinski definition) is 3. The van der Waals surface area contributed by atoms with Gasteiger partial charge in [-0.2, -0.15) is 0 Å². The van der Waals surface area contributed by atoms with E-state index in [1.165, 1.54) is 4.90 Å². The molecule has 0 aliphatic carbocycles. The maximum atomic E-state index is 12.2. The SMILES string of the molecule is CN(C)C(=O)c1ccc(NC(=O)C2(C)CCCN2)cc1. The van der Waals surface area contributed by atoms with E-state index in [9.17, 15) is 9.59 Å². The molecule has 0 bridgehead atoms. The molecule has 1 aliphatic rings. The van der Waals surface area contributed by atoms with Crippen molar-refractivity contribution in [3.8, 4) is 0 Å². The van der Waals surface area contributed by atoms with Crippen molar-refractivity contribution in [1.29, 1.82) is 0 Å². The molecule has 1 heterocycles. The van der Waals surface area contributed by atoms with Gasteiger partial charge in [-0.25, -0.2) is 0 Å². The van der Waals surface area contributed by atoms with Crippen molar-refractivity contribution in [1.82, 2.24) is 10.2 Å². The summed E-state index contributed by atoms with van der Waals surface area (Å²) >= 11 is 0. The van der Waals surface area contributed by atoms with Crippen molar-refractivity contribution in [2.24, 2.45) is 0 Å². The van der Waals surface area contributed by atoms with E-state index >= 15 is 0 Å². The highest BCUT2D eigenvalue weighted by Gasteiger charge is 2.35. The zero-order valence-corrected chi connectivity index (χ0v) is 12.2. The van der Waals surface area contributed by atoms with E-state index in [-0.39, 0.29) is 11.8 Å². The fourth-order valence-corrected chi connectivity index (χ4v) is 2.31. The van der Waals surface area contributed by atoms with E-state index < -0.39 is 5.54 Å². The second-order valence-electron chi connectivity index (χ2n) is 5.59. The molecule has 1 saturated heterocycles. The Morgan fingerprint density at radius 2 is 1.90 bits per heavy atom. The predicted octanol–water partition coefficient (Wildman–Crippen LogP) is 1.47. The molecule has 0 radical (unpaired) electrons. The van der Waals surface area contributed by atoms with Gasteiger partial charge in [0.25, 0.3) is 5.91 Å². The number of amides is 2. The van der Waals surface area contributed by atoms with E-state index in [0.29, 0.717) is 11.3 Å². The van der Waals surface area contributed by atoms with Gasteiger partial charge in [-0.15, -0.1) is 0 Å². The Balaban J connectivity index is 2.04. The van der Waals surface area contributed by atoms with Crippen LogP contribution in [0.1, 0.15) is 30.1 Å². The van der Waals surface area contributed by atoms with Gasteiger partial charge >= 0.3 is 0 Å². The number of hydrogen-bond donors (Lipinski definition) is 2. The molecule has 2 amide bonds. The van der Waals surface area contributed by atoms with Crippen molar-refractivity contribution in [2.45, 2.75) is 25.3 Å². The Morgan fingerprint density at radius 3 is 2.40 bits per heavy atom. The van der Waals surface area contributed by atoms with Crippen molar-refractivity contribution < 1.29 is 9.59 Å². The van der Waals surface area contributed by atoms with Crippen LogP contribution in [0, 0.1) is 0 Å². The van der Waals surface area contributed by atoms with Gasteiger partial charge in [-0.3, -0.25) is 9.59 Å². The number of benzene rings is 1. The third-order valence-electron chi connectivity index (χ3n) is 3.67. The molecule has 0 spiro atoms. The number of carbonyl (C=O) groups excluding carboxylic acids is 2. The van der Waals surface area contributed by atoms with E-state index in [0.717, 1.165) is 19.4 Å². The van der Waals surface area contributed by atoms with Crippen LogP contribution in [-0.2, 0) is 4.79 Å². The zero-order valence-electron chi connectivity index (χ0n) is 12.2. The summed E-state index contributed by atoms with van der Waals surface area (Å²) < 4.78 is 0. The van der Waals surface area contributed by atoms with Gasteiger partial charge in [0.1, 0.15) is 0 Å². The highest BCUT2D eigenvalue weighted by Crippen LogP contribution is 2.21. The summed E-state index contributed by atoms with van der Waals surface area (Å²) in [5, 5.41) is 6.12. The van der Waals surface area contributed by atoms with E-state index in [1.54, 1.807) is 38.4 Å². The minimum absolute atomic E-state index is 0.0262. The van der Waals surface area contributed by atoms with E-state index in [1.807, 2.05) is 6.92 Å². The van der Waals surface area contributed by atoms with Crippen LogP contribution in [0.3, 0.4) is 0 Å². The van der Waals surface area contributed by atoms with Crippen LogP contribution in [0.15, 0.2) is 24.3 Å². The average Bonchev–Trinajstić information content (AvgIpc) is 2.87. The Bertz CT molecular complexity index is 502. The van der Waals surface area contributed by atoms with Crippen LogP contribution in [0.5, 0.6) is 0 Å². The number of rotatable bonds is 3. The van der Waals surface area contributed by atoms with E-state index in [4.69, 9.17) is 0 Å². The molecule has 1 unspecified atom stereocenters. The molecule has 5 heteroatoms. The molecular weight excluding hydrogens is 254 g/mol. The first-order valence-electron chi connectivity index (χ1n) is 6.80. The molecular formula is C15H21N3O2. The predicted molar refractivity (Wildman–Crippen MR) is 78.7 cm³/mol. The van der Waals surface area contributed by atoms with Gasteiger partial charge in [0.15, 0.2) is 0 Å². The largest absolute Gasteiger partial charge is 0.345 e. The Morgan fingerprint density at radius 1 is 1.25 bits per heavy atom. The number of anilines is 1. The molecule has 1 aromatic rings. The van der Waals surface area contributed by atoms with Crippen LogP contribution in [0.4, 0.5) is 5.69 Å². The van der Waals surface area contributed by atoms with Crippen LogP contribution in [0.25, 0.3) is 0 Å². The molecule has 1 aliphatic heterocycles. The first kappa shape index (κ1) is 14.5. The third kappa shape index (κ3) is 2.99. The number of carbonyl (C=O) groups is 2. The van der Waals surface area contributed by atoms with Crippen molar-refractivity contribution in [2.75, 3.05) is 26.0 Å². The number of nitrogens with one attached hydrogen (secondary N) is 2.